The van der Waals surface area contributed by atoms with Crippen molar-refractivity contribution in [3.8, 4) is 0 Å². The van der Waals surface area contributed by atoms with Crippen molar-refractivity contribution in [1.29, 1.82) is 0 Å². The second-order valence-electron chi connectivity index (χ2n) is 5.99. The summed E-state index contributed by atoms with van der Waals surface area (Å²) in [6.07, 6.45) is 1.52. The molecule has 2 aliphatic rings. The van der Waals surface area contributed by atoms with Gasteiger partial charge in [0, 0.05) is 6.61 Å². The topological polar surface area (TPSA) is 83.9 Å². The minimum absolute atomic E-state index is 0.0728. The van der Waals surface area contributed by atoms with Crippen LogP contribution >= 0.6 is 11.8 Å². The van der Waals surface area contributed by atoms with Crippen LogP contribution in [0.3, 0.4) is 0 Å². The third-order valence-electron chi connectivity index (χ3n) is 4.35. The molecule has 24 heavy (non-hydrogen) atoms. The van der Waals surface area contributed by atoms with E-state index < -0.39 is 16.0 Å². The highest BCUT2D eigenvalue weighted by Gasteiger charge is 2.55. The number of benzene rings is 1. The van der Waals surface area contributed by atoms with Crippen LogP contribution in [0.5, 0.6) is 0 Å². The van der Waals surface area contributed by atoms with Gasteiger partial charge >= 0.3 is 5.97 Å². The van der Waals surface area contributed by atoms with E-state index in [4.69, 9.17) is 9.84 Å². The maximum absolute atomic E-state index is 12.8. The average molecular weight is 349 g/mol. The lowest BCUT2D eigenvalue weighted by atomic mass is 10.0. The smallest absolute Gasteiger partial charge is 0.326 e. The van der Waals surface area contributed by atoms with Gasteiger partial charge in [0.2, 0.25) is 5.91 Å². The molecule has 1 fully saturated rings. The van der Waals surface area contributed by atoms with Gasteiger partial charge in [0.15, 0.2) is 0 Å². The highest BCUT2D eigenvalue weighted by molar-refractivity contribution is 8.16. The van der Waals surface area contributed by atoms with Gasteiger partial charge in [-0.2, -0.15) is 0 Å². The van der Waals surface area contributed by atoms with E-state index in [1.54, 1.807) is 6.92 Å². The fourth-order valence-electron chi connectivity index (χ4n) is 3.27. The Morgan fingerprint density at radius 2 is 2.08 bits per heavy atom. The van der Waals surface area contributed by atoms with E-state index in [-0.39, 0.29) is 25.7 Å². The van der Waals surface area contributed by atoms with E-state index in [0.717, 1.165) is 33.4 Å². The molecule has 1 spiro atoms. The fourth-order valence-corrected chi connectivity index (χ4v) is 4.51. The first-order chi connectivity index (χ1) is 11.5. The normalized spacial score (nSPS) is 22.3. The second kappa shape index (κ2) is 6.57. The molecule has 1 heterocycles. The highest BCUT2D eigenvalue weighted by Crippen LogP contribution is 2.47. The lowest BCUT2D eigenvalue weighted by molar-refractivity contribution is -0.147. The molecule has 2 amide bonds. The van der Waals surface area contributed by atoms with Gasteiger partial charge in [0.05, 0.1) is 6.61 Å². The van der Waals surface area contributed by atoms with Crippen molar-refractivity contribution in [2.45, 2.75) is 30.9 Å². The van der Waals surface area contributed by atoms with Gasteiger partial charge in [-0.25, -0.2) is 0 Å². The summed E-state index contributed by atoms with van der Waals surface area (Å²) in [6.45, 7) is 1.64. The molecule has 3 rings (SSSR count). The largest absolute Gasteiger partial charge is 0.465 e. The number of aliphatic hydroxyl groups excluding tert-OH is 1. The molecule has 0 saturated carbocycles. The Balaban J connectivity index is 1.79. The number of fused-ring (bicyclic) bond motifs is 1. The fraction of sp³-hybridized carbons (Fsp3) is 0.471. The first kappa shape index (κ1) is 17.0. The predicted octanol–water partition coefficient (Wildman–Crippen LogP) is 1.32. The maximum Gasteiger partial charge on any atom is 0.326 e. The van der Waals surface area contributed by atoms with Crippen molar-refractivity contribution in [3.63, 3.8) is 0 Å². The van der Waals surface area contributed by atoms with Crippen LogP contribution in [0, 0.1) is 0 Å². The van der Waals surface area contributed by atoms with Gasteiger partial charge in [-0.15, -0.1) is 0 Å². The summed E-state index contributed by atoms with van der Waals surface area (Å²) in [5.41, 5.74) is 3.09. The monoisotopic (exact) mass is 349 g/mol. The summed E-state index contributed by atoms with van der Waals surface area (Å²) in [6, 6.07) is 5.89. The molecule has 1 aromatic rings. The predicted molar refractivity (Wildman–Crippen MR) is 88.7 cm³/mol. The molecule has 6 nitrogen and oxygen atoms in total. The molecule has 1 N–H and O–H groups in total. The Bertz CT molecular complexity index is 704. The number of hydrogen-bond donors (Lipinski definition) is 1. The summed E-state index contributed by atoms with van der Waals surface area (Å²) < 4.78 is 3.99. The van der Waals surface area contributed by atoms with Crippen LogP contribution in [0.2, 0.25) is 0 Å². The molecular weight excluding hydrogens is 330 g/mol. The second-order valence-corrected chi connectivity index (χ2v) is 7.32. The van der Waals surface area contributed by atoms with Crippen LogP contribution in [-0.4, -0.2) is 51.6 Å². The molecule has 1 aliphatic carbocycles. The van der Waals surface area contributed by atoms with Crippen LogP contribution in [0.4, 0.5) is 4.79 Å². The third-order valence-corrected chi connectivity index (χ3v) is 5.60. The quantitative estimate of drug-likeness (QED) is 0.807. The Morgan fingerprint density at radius 3 is 2.79 bits per heavy atom. The number of imide groups is 1. The van der Waals surface area contributed by atoms with E-state index in [9.17, 15) is 14.4 Å². The van der Waals surface area contributed by atoms with Crippen LogP contribution in [0.25, 0.3) is 0 Å². The number of esters is 1. The number of rotatable bonds is 5. The van der Waals surface area contributed by atoms with E-state index >= 15 is 0 Å². The number of thioether (sulfide) groups is 1. The zero-order valence-corrected chi connectivity index (χ0v) is 14.2. The number of ether oxygens (including phenoxy) is 1. The Kier molecular flexibility index (Phi) is 4.64. The molecule has 1 atom stereocenters. The number of carbonyl (C=O) groups excluding carboxylic acids is 3. The molecule has 128 valence electrons. The standard InChI is InChI=1S/C17H19NO5S/c1-2-23-14(20)10-18-15(21)17(24-16(18)22)8-12-4-3-11(5-6-19)7-13(12)9-17/h3-4,7,19H,2,5-6,8-10H2,1H3. The lowest BCUT2D eigenvalue weighted by Gasteiger charge is -2.19. The van der Waals surface area contributed by atoms with Crippen molar-refractivity contribution in [1.82, 2.24) is 4.90 Å². The van der Waals surface area contributed by atoms with Crippen molar-refractivity contribution < 1.29 is 24.2 Å². The van der Waals surface area contributed by atoms with E-state index in [2.05, 4.69) is 0 Å². The average Bonchev–Trinajstić information content (AvgIpc) is 3.00. The van der Waals surface area contributed by atoms with E-state index in [1.165, 1.54) is 0 Å². The number of carbonyl (C=O) groups is 3. The minimum atomic E-state index is -0.844. The van der Waals surface area contributed by atoms with Crippen molar-refractivity contribution in [2.24, 2.45) is 0 Å². The van der Waals surface area contributed by atoms with Gasteiger partial charge in [0.25, 0.3) is 5.24 Å². The first-order valence-corrected chi connectivity index (χ1v) is 8.73. The summed E-state index contributed by atoms with van der Waals surface area (Å²) in [7, 11) is 0. The van der Waals surface area contributed by atoms with Crippen molar-refractivity contribution >= 4 is 28.9 Å². The molecule has 0 radical (unpaired) electrons. The van der Waals surface area contributed by atoms with Crippen molar-refractivity contribution in [3.05, 3.63) is 34.9 Å². The Morgan fingerprint density at radius 1 is 1.33 bits per heavy atom. The van der Waals surface area contributed by atoms with Gasteiger partial charge in [-0.1, -0.05) is 18.2 Å². The van der Waals surface area contributed by atoms with Gasteiger partial charge in [0.1, 0.15) is 11.3 Å². The zero-order chi connectivity index (χ0) is 17.3. The number of hydrogen-bond acceptors (Lipinski definition) is 6. The van der Waals surface area contributed by atoms with E-state index in [1.807, 2.05) is 18.2 Å². The number of nitrogens with zero attached hydrogens (tertiary/aromatic N) is 1. The molecule has 7 heteroatoms. The van der Waals surface area contributed by atoms with Crippen molar-refractivity contribution in [2.75, 3.05) is 19.8 Å². The van der Waals surface area contributed by atoms with Crippen LogP contribution < -0.4 is 0 Å². The SMILES string of the molecule is CCOC(=O)CN1C(=O)SC2(Cc3ccc(CCO)cc3C2)C1=O. The van der Waals surface area contributed by atoms with Gasteiger partial charge < -0.3 is 9.84 Å². The maximum atomic E-state index is 12.8. The summed E-state index contributed by atoms with van der Waals surface area (Å²) in [4.78, 5) is 37.7. The van der Waals surface area contributed by atoms with E-state index in [0.29, 0.717) is 19.3 Å². The molecule has 1 aromatic carbocycles. The number of aliphatic hydroxyl groups is 1. The summed E-state index contributed by atoms with van der Waals surface area (Å²) >= 11 is 1.01. The third kappa shape index (κ3) is 2.93. The Labute approximate surface area is 144 Å². The molecule has 0 aromatic heterocycles. The van der Waals surface area contributed by atoms with Crippen LogP contribution in [0.15, 0.2) is 18.2 Å². The summed E-state index contributed by atoms with van der Waals surface area (Å²) in [5.74, 6) is -0.886. The molecule has 1 unspecified atom stereocenters. The molecule has 1 aliphatic heterocycles. The minimum Gasteiger partial charge on any atom is -0.465 e. The zero-order valence-electron chi connectivity index (χ0n) is 13.4. The number of amides is 2. The lowest BCUT2D eigenvalue weighted by Crippen LogP contribution is -2.42. The Hall–Kier alpha value is -1.86. The van der Waals surface area contributed by atoms with Gasteiger partial charge in [-0.3, -0.25) is 19.3 Å². The first-order valence-electron chi connectivity index (χ1n) is 7.91. The highest BCUT2D eigenvalue weighted by atomic mass is 32.2. The van der Waals surface area contributed by atoms with Crippen LogP contribution in [0.1, 0.15) is 23.6 Å². The molecular formula is C17H19NO5S. The summed E-state index contributed by atoms with van der Waals surface area (Å²) in [5, 5.41) is 8.67. The molecule has 0 bridgehead atoms. The molecule has 1 saturated heterocycles. The van der Waals surface area contributed by atoms with Crippen LogP contribution in [-0.2, 0) is 33.6 Å². The van der Waals surface area contributed by atoms with Gasteiger partial charge in [-0.05, 0) is 54.6 Å².